The van der Waals surface area contributed by atoms with Crippen LogP contribution in [0.1, 0.15) is 12.5 Å². The van der Waals surface area contributed by atoms with Gasteiger partial charge in [0.15, 0.2) is 0 Å². The van der Waals surface area contributed by atoms with E-state index in [2.05, 4.69) is 4.90 Å². The van der Waals surface area contributed by atoms with E-state index in [0.29, 0.717) is 25.4 Å². The maximum Gasteiger partial charge on any atom is 0.307 e. The predicted molar refractivity (Wildman–Crippen MR) is 96.2 cm³/mol. The molecule has 0 aliphatic heterocycles. The van der Waals surface area contributed by atoms with Crippen LogP contribution in [0.3, 0.4) is 0 Å². The fraction of sp³-hybridized carbons (Fsp3) is 0.316. The first kappa shape index (κ1) is 18.4. The van der Waals surface area contributed by atoms with Crippen molar-refractivity contribution < 1.29 is 14.1 Å². The molecule has 2 atom stereocenters. The molecule has 2 unspecified atom stereocenters. The van der Waals surface area contributed by atoms with E-state index in [1.165, 1.54) is 0 Å². The lowest BCUT2D eigenvalue weighted by atomic mass is 10.1. The number of benzene rings is 2. The molecule has 0 aliphatic rings. The highest BCUT2D eigenvalue weighted by atomic mass is 32.2. The number of hydrogen-bond donors (Lipinski definition) is 1. The van der Waals surface area contributed by atoms with Gasteiger partial charge in [-0.25, -0.2) is 0 Å². The zero-order chi connectivity index (χ0) is 17.4. The minimum absolute atomic E-state index is 0.441. The van der Waals surface area contributed by atoms with Crippen molar-refractivity contribution in [1.29, 1.82) is 0 Å². The van der Waals surface area contributed by atoms with Gasteiger partial charge in [-0.2, -0.15) is 0 Å². The highest BCUT2D eigenvalue weighted by molar-refractivity contribution is 7.85. The van der Waals surface area contributed by atoms with Gasteiger partial charge in [0, 0.05) is 30.3 Å². The SMILES string of the molecule is CC(CN(CCS(=O)c1ccccc1)Cc1ccccc1)C(=O)O. The molecule has 0 heterocycles. The quantitative estimate of drug-likeness (QED) is 0.759. The van der Waals surface area contributed by atoms with Crippen LogP contribution in [-0.2, 0) is 22.1 Å². The summed E-state index contributed by atoms with van der Waals surface area (Å²) in [6, 6.07) is 19.3. The van der Waals surface area contributed by atoms with E-state index < -0.39 is 22.7 Å². The Kier molecular flexibility index (Phi) is 7.15. The predicted octanol–water partition coefficient (Wildman–Crippen LogP) is 3.02. The molecule has 2 rings (SSSR count). The van der Waals surface area contributed by atoms with Crippen LogP contribution in [0.2, 0.25) is 0 Å². The Balaban J connectivity index is 1.99. The maximum atomic E-state index is 12.4. The molecule has 24 heavy (non-hydrogen) atoms. The summed E-state index contributed by atoms with van der Waals surface area (Å²) in [7, 11) is -1.08. The van der Waals surface area contributed by atoms with Gasteiger partial charge in [0.2, 0.25) is 0 Å². The Morgan fingerprint density at radius 3 is 2.25 bits per heavy atom. The minimum atomic E-state index is -1.08. The van der Waals surface area contributed by atoms with Crippen LogP contribution in [0.15, 0.2) is 65.6 Å². The van der Waals surface area contributed by atoms with Crippen molar-refractivity contribution in [1.82, 2.24) is 4.90 Å². The van der Waals surface area contributed by atoms with Crippen LogP contribution >= 0.6 is 0 Å². The highest BCUT2D eigenvalue weighted by Gasteiger charge is 2.17. The van der Waals surface area contributed by atoms with Crippen LogP contribution in [0.25, 0.3) is 0 Å². The van der Waals surface area contributed by atoms with Gasteiger partial charge in [-0.15, -0.1) is 0 Å². The van der Waals surface area contributed by atoms with Crippen molar-refractivity contribution in [2.24, 2.45) is 5.92 Å². The molecule has 0 spiro atoms. The normalized spacial score (nSPS) is 13.6. The topological polar surface area (TPSA) is 57.6 Å². The third kappa shape index (κ3) is 5.91. The summed E-state index contributed by atoms with van der Waals surface area (Å²) < 4.78 is 12.4. The van der Waals surface area contributed by atoms with E-state index in [0.717, 1.165) is 10.5 Å². The molecule has 4 nitrogen and oxygen atoms in total. The van der Waals surface area contributed by atoms with Gasteiger partial charge in [-0.05, 0) is 17.7 Å². The molecule has 0 fully saturated rings. The summed E-state index contributed by atoms with van der Waals surface area (Å²) in [5.74, 6) is -0.778. The van der Waals surface area contributed by atoms with Crippen LogP contribution in [0.4, 0.5) is 0 Å². The molecule has 2 aromatic rings. The third-order valence-corrected chi connectivity index (χ3v) is 5.15. The summed E-state index contributed by atoms with van der Waals surface area (Å²) in [6.45, 7) is 3.39. The van der Waals surface area contributed by atoms with Crippen molar-refractivity contribution >= 4 is 16.8 Å². The Morgan fingerprint density at radius 2 is 1.67 bits per heavy atom. The molecule has 2 aromatic carbocycles. The number of carboxylic acid groups (broad SMARTS) is 1. The number of carbonyl (C=O) groups is 1. The van der Waals surface area contributed by atoms with Crippen LogP contribution < -0.4 is 0 Å². The Morgan fingerprint density at radius 1 is 1.08 bits per heavy atom. The van der Waals surface area contributed by atoms with Gasteiger partial charge in [0.05, 0.1) is 16.7 Å². The zero-order valence-corrected chi connectivity index (χ0v) is 14.6. The van der Waals surface area contributed by atoms with Crippen molar-refractivity contribution in [3.8, 4) is 0 Å². The highest BCUT2D eigenvalue weighted by Crippen LogP contribution is 2.10. The van der Waals surface area contributed by atoms with Crippen molar-refractivity contribution in [2.75, 3.05) is 18.8 Å². The van der Waals surface area contributed by atoms with Gasteiger partial charge in [-0.1, -0.05) is 55.5 Å². The average Bonchev–Trinajstić information content (AvgIpc) is 2.61. The summed E-state index contributed by atoms with van der Waals surface area (Å²) in [5, 5.41) is 9.17. The summed E-state index contributed by atoms with van der Waals surface area (Å²) in [5.41, 5.74) is 1.13. The van der Waals surface area contributed by atoms with Gasteiger partial charge in [-0.3, -0.25) is 13.9 Å². The number of hydrogen-bond acceptors (Lipinski definition) is 3. The average molecular weight is 345 g/mol. The molecule has 0 amide bonds. The van der Waals surface area contributed by atoms with E-state index in [1.54, 1.807) is 6.92 Å². The lowest BCUT2D eigenvalue weighted by Crippen LogP contribution is -2.34. The molecule has 0 saturated heterocycles. The largest absolute Gasteiger partial charge is 0.481 e. The molecule has 0 bridgehead atoms. The second kappa shape index (κ2) is 9.35. The van der Waals surface area contributed by atoms with Gasteiger partial charge >= 0.3 is 5.97 Å². The fourth-order valence-electron chi connectivity index (χ4n) is 2.44. The first-order valence-electron chi connectivity index (χ1n) is 7.99. The van der Waals surface area contributed by atoms with E-state index in [4.69, 9.17) is 5.11 Å². The molecule has 0 aliphatic carbocycles. The number of nitrogens with zero attached hydrogens (tertiary/aromatic N) is 1. The lowest BCUT2D eigenvalue weighted by molar-refractivity contribution is -0.141. The first-order valence-corrected chi connectivity index (χ1v) is 9.30. The van der Waals surface area contributed by atoms with E-state index in [1.807, 2.05) is 60.7 Å². The fourth-order valence-corrected chi connectivity index (χ4v) is 3.56. The van der Waals surface area contributed by atoms with Crippen LogP contribution in [0, 0.1) is 5.92 Å². The van der Waals surface area contributed by atoms with Crippen molar-refractivity contribution in [3.05, 3.63) is 66.2 Å². The van der Waals surface area contributed by atoms with E-state index in [9.17, 15) is 9.00 Å². The number of rotatable bonds is 9. The standard InChI is InChI=1S/C19H23NO3S/c1-16(19(21)22)14-20(15-17-8-4-2-5-9-17)12-13-24(23)18-10-6-3-7-11-18/h2-11,16H,12-15H2,1H3,(H,21,22). The Bertz CT molecular complexity index is 661. The van der Waals surface area contributed by atoms with Crippen LogP contribution in [-0.4, -0.2) is 39.0 Å². The maximum absolute atomic E-state index is 12.4. The second-order valence-corrected chi connectivity index (χ2v) is 7.39. The number of aliphatic carboxylic acids is 1. The first-order chi connectivity index (χ1) is 11.6. The third-order valence-electron chi connectivity index (χ3n) is 3.80. The zero-order valence-electron chi connectivity index (χ0n) is 13.8. The van der Waals surface area contributed by atoms with E-state index >= 15 is 0 Å². The minimum Gasteiger partial charge on any atom is -0.481 e. The van der Waals surface area contributed by atoms with Gasteiger partial charge in [0.1, 0.15) is 0 Å². The van der Waals surface area contributed by atoms with Gasteiger partial charge in [0.25, 0.3) is 0 Å². The summed E-state index contributed by atoms with van der Waals surface area (Å²) >= 11 is 0. The van der Waals surface area contributed by atoms with Crippen molar-refractivity contribution in [3.63, 3.8) is 0 Å². The summed E-state index contributed by atoms with van der Waals surface area (Å²) in [4.78, 5) is 14.0. The molecular formula is C19H23NO3S. The molecule has 5 heteroatoms. The molecule has 0 aromatic heterocycles. The monoisotopic (exact) mass is 345 g/mol. The molecule has 1 N–H and O–H groups in total. The van der Waals surface area contributed by atoms with Gasteiger partial charge < -0.3 is 5.11 Å². The number of carboxylic acids is 1. The second-order valence-electron chi connectivity index (χ2n) is 5.82. The molecule has 128 valence electrons. The molecular weight excluding hydrogens is 322 g/mol. The van der Waals surface area contributed by atoms with E-state index in [-0.39, 0.29) is 0 Å². The smallest absolute Gasteiger partial charge is 0.307 e. The molecule has 0 saturated carbocycles. The molecule has 0 radical (unpaired) electrons. The van der Waals surface area contributed by atoms with Crippen LogP contribution in [0.5, 0.6) is 0 Å². The Hall–Kier alpha value is -1.98. The van der Waals surface area contributed by atoms with Crippen molar-refractivity contribution in [2.45, 2.75) is 18.4 Å². The summed E-state index contributed by atoms with van der Waals surface area (Å²) in [6.07, 6.45) is 0. The lowest BCUT2D eigenvalue weighted by Gasteiger charge is -2.24. The Labute approximate surface area is 145 Å².